The zero-order chi connectivity index (χ0) is 22.9. The van der Waals surface area contributed by atoms with Crippen molar-refractivity contribution in [3.8, 4) is 22.6 Å². The van der Waals surface area contributed by atoms with Gasteiger partial charge >= 0.3 is 0 Å². The van der Waals surface area contributed by atoms with Crippen LogP contribution in [0.5, 0.6) is 0 Å². The fourth-order valence-corrected chi connectivity index (χ4v) is 3.85. The number of fused-ring (bicyclic) bond motifs is 2. The molecule has 0 amide bonds. The first-order valence-electron chi connectivity index (χ1n) is 10.2. The van der Waals surface area contributed by atoms with Gasteiger partial charge in [0.2, 0.25) is 0 Å². The Kier molecular flexibility index (Phi) is 5.02. The molecule has 4 aromatic heterocycles. The molecule has 0 saturated carbocycles. The second-order valence-corrected chi connectivity index (χ2v) is 7.63. The lowest BCUT2D eigenvalue weighted by Crippen LogP contribution is -1.92. The molecular weight excluding hydrogens is 417 g/mol. The van der Waals surface area contributed by atoms with Gasteiger partial charge in [-0.3, -0.25) is 15.1 Å². The van der Waals surface area contributed by atoms with Crippen LogP contribution in [-0.2, 0) is 0 Å². The molecule has 0 saturated heterocycles. The third-order valence-electron chi connectivity index (χ3n) is 5.30. The highest BCUT2D eigenvalue weighted by molar-refractivity contribution is 6.00. The smallest absolute Gasteiger partial charge is 0.155 e. The maximum atomic E-state index is 14.5. The van der Waals surface area contributed by atoms with Gasteiger partial charge in [-0.15, -0.1) is 0 Å². The summed E-state index contributed by atoms with van der Waals surface area (Å²) in [4.78, 5) is 16.2. The van der Waals surface area contributed by atoms with Crippen LogP contribution in [0.4, 0.5) is 4.39 Å². The van der Waals surface area contributed by atoms with E-state index in [-0.39, 0.29) is 5.82 Å². The Hall–Kier alpha value is -4.59. The number of hydrogen-bond acceptors (Lipinski definition) is 5. The van der Waals surface area contributed by atoms with Crippen molar-refractivity contribution < 1.29 is 4.39 Å². The second-order valence-electron chi connectivity index (χ2n) is 7.63. The Bertz CT molecular complexity index is 1570. The molecule has 0 fully saturated rings. The van der Waals surface area contributed by atoms with E-state index >= 15 is 0 Å². The van der Waals surface area contributed by atoms with Crippen molar-refractivity contribution in [3.05, 3.63) is 84.2 Å². The summed E-state index contributed by atoms with van der Waals surface area (Å²) in [6.45, 7) is 5.34. The molecule has 0 aliphatic heterocycles. The fourth-order valence-electron chi connectivity index (χ4n) is 3.85. The Morgan fingerprint density at radius 3 is 2.76 bits per heavy atom. The van der Waals surface area contributed by atoms with Crippen molar-refractivity contribution in [2.45, 2.75) is 6.92 Å². The van der Waals surface area contributed by atoms with Crippen LogP contribution in [0.15, 0.2) is 77.8 Å². The van der Waals surface area contributed by atoms with Gasteiger partial charge in [0.1, 0.15) is 11.5 Å². The lowest BCUT2D eigenvalue weighted by Gasteiger charge is -2.03. The lowest BCUT2D eigenvalue weighted by molar-refractivity contribution is 0.631. The maximum absolute atomic E-state index is 14.5. The number of pyridine rings is 2. The molecule has 0 radical (unpaired) electrons. The van der Waals surface area contributed by atoms with Crippen molar-refractivity contribution in [2.75, 3.05) is 0 Å². The summed E-state index contributed by atoms with van der Waals surface area (Å²) < 4.78 is 14.5. The summed E-state index contributed by atoms with van der Waals surface area (Å²) in [5, 5.41) is 9.07. The average Bonchev–Trinajstić information content (AvgIpc) is 3.42. The molecule has 5 aromatic rings. The Balaban J connectivity index is 1.67. The number of halogens is 1. The summed E-state index contributed by atoms with van der Waals surface area (Å²) >= 11 is 0. The molecule has 4 N–H and O–H groups in total. The number of nitrogens with two attached hydrogens (primary N) is 1. The quantitative estimate of drug-likeness (QED) is 0.259. The van der Waals surface area contributed by atoms with Crippen LogP contribution >= 0.6 is 0 Å². The highest BCUT2D eigenvalue weighted by Crippen LogP contribution is 2.34. The van der Waals surface area contributed by atoms with Crippen molar-refractivity contribution in [1.29, 1.82) is 0 Å². The number of hydrogen-bond donors (Lipinski definition) is 3. The van der Waals surface area contributed by atoms with E-state index in [1.54, 1.807) is 43.7 Å². The fraction of sp³-hybridized carbons (Fsp3) is 0.0400. The van der Waals surface area contributed by atoms with Crippen molar-refractivity contribution in [1.82, 2.24) is 25.1 Å². The monoisotopic (exact) mass is 437 g/mol. The minimum Gasteiger partial charge on any atom is -0.402 e. The maximum Gasteiger partial charge on any atom is 0.155 e. The van der Waals surface area contributed by atoms with E-state index < -0.39 is 0 Å². The van der Waals surface area contributed by atoms with Gasteiger partial charge in [0.25, 0.3) is 0 Å². The molecule has 0 aliphatic carbocycles. The summed E-state index contributed by atoms with van der Waals surface area (Å²) in [6.07, 6.45) is 6.83. The molecule has 7 nitrogen and oxygen atoms in total. The summed E-state index contributed by atoms with van der Waals surface area (Å²) in [6, 6.07) is 12.4. The molecule has 0 unspecified atom stereocenters. The first-order valence-corrected chi connectivity index (χ1v) is 10.2. The standard InChI is InChI=1S/C25H20FN7/c1-14(27)9-15(12-28-2)16-10-19-24(32-33-25(19)30-13-16)22-11-18-21(31-22)7-8-29-23(18)17-5-3-4-6-20(17)26/h3-13,31H,2,27H2,1H3,(H,30,32,33)/b14-9+,15-12+. The van der Waals surface area contributed by atoms with Crippen LogP contribution in [0.3, 0.4) is 0 Å². The number of nitrogens with zero attached hydrogens (tertiary/aromatic N) is 4. The molecule has 4 heterocycles. The zero-order valence-electron chi connectivity index (χ0n) is 17.8. The number of H-pyrrole nitrogens is 2. The van der Waals surface area contributed by atoms with Gasteiger partial charge in [0.05, 0.1) is 11.4 Å². The molecular formula is C25H20FN7. The first-order chi connectivity index (χ1) is 16.0. The van der Waals surface area contributed by atoms with Gasteiger partial charge in [0, 0.05) is 57.3 Å². The number of nitrogens with one attached hydrogen (secondary N) is 2. The van der Waals surface area contributed by atoms with E-state index in [0.29, 0.717) is 28.3 Å². The largest absolute Gasteiger partial charge is 0.402 e. The summed E-state index contributed by atoms with van der Waals surface area (Å²) in [5.74, 6) is -0.322. The van der Waals surface area contributed by atoms with Crippen LogP contribution in [0.2, 0.25) is 0 Å². The molecule has 1 aromatic carbocycles. The van der Waals surface area contributed by atoms with Crippen LogP contribution in [0.25, 0.3) is 50.2 Å². The number of aromatic nitrogens is 5. The van der Waals surface area contributed by atoms with E-state index in [4.69, 9.17) is 5.73 Å². The van der Waals surface area contributed by atoms with Crippen molar-refractivity contribution in [2.24, 2.45) is 10.7 Å². The summed E-state index contributed by atoms with van der Waals surface area (Å²) in [7, 11) is 0. The third-order valence-corrected chi connectivity index (χ3v) is 5.30. The van der Waals surface area contributed by atoms with Crippen molar-refractivity contribution in [3.63, 3.8) is 0 Å². The van der Waals surface area contributed by atoms with Crippen molar-refractivity contribution >= 4 is 34.2 Å². The summed E-state index contributed by atoms with van der Waals surface area (Å²) in [5.41, 5.74) is 12.1. The van der Waals surface area contributed by atoms with E-state index in [0.717, 1.165) is 33.1 Å². The molecule has 0 spiro atoms. The van der Waals surface area contributed by atoms with E-state index in [2.05, 4.69) is 36.9 Å². The van der Waals surface area contributed by atoms with E-state index in [1.807, 2.05) is 24.3 Å². The normalized spacial score (nSPS) is 12.5. The number of allylic oxidation sites excluding steroid dienone is 3. The van der Waals surface area contributed by atoms with Gasteiger partial charge in [-0.25, -0.2) is 9.37 Å². The van der Waals surface area contributed by atoms with Crippen LogP contribution in [0.1, 0.15) is 12.5 Å². The third kappa shape index (κ3) is 3.67. The van der Waals surface area contributed by atoms with Gasteiger partial charge < -0.3 is 10.7 Å². The van der Waals surface area contributed by atoms with Gasteiger partial charge in [-0.1, -0.05) is 12.1 Å². The molecule has 0 bridgehead atoms. The molecule has 162 valence electrons. The zero-order valence-corrected chi connectivity index (χ0v) is 17.8. The first kappa shape index (κ1) is 20.3. The Labute approximate surface area is 188 Å². The molecule has 5 rings (SSSR count). The number of rotatable bonds is 5. The predicted octanol–water partition coefficient (Wildman–Crippen LogP) is 5.21. The van der Waals surface area contributed by atoms with Gasteiger partial charge in [-0.2, -0.15) is 5.10 Å². The SMILES string of the molecule is C=N/C=C(\C=C(/C)N)c1cnc2[nH]nc(-c3cc4c(-c5ccccc5F)nccc4[nH]3)c2c1. The molecule has 8 heteroatoms. The minimum absolute atomic E-state index is 0.322. The van der Waals surface area contributed by atoms with E-state index in [9.17, 15) is 4.39 Å². The lowest BCUT2D eigenvalue weighted by atomic mass is 10.0. The molecule has 0 atom stereocenters. The minimum atomic E-state index is -0.322. The topological polar surface area (TPSA) is 109 Å². The number of aromatic amines is 2. The van der Waals surface area contributed by atoms with Crippen LogP contribution < -0.4 is 5.73 Å². The highest BCUT2D eigenvalue weighted by Gasteiger charge is 2.16. The average molecular weight is 437 g/mol. The predicted molar refractivity (Wildman–Crippen MR) is 130 cm³/mol. The van der Waals surface area contributed by atoms with Gasteiger partial charge in [0.15, 0.2) is 5.65 Å². The molecule has 0 aliphatic rings. The molecule has 33 heavy (non-hydrogen) atoms. The number of benzene rings is 1. The Morgan fingerprint density at radius 1 is 1.12 bits per heavy atom. The second kappa shape index (κ2) is 8.16. The Morgan fingerprint density at radius 2 is 1.97 bits per heavy atom. The van der Waals surface area contributed by atoms with Crippen LogP contribution in [-0.4, -0.2) is 31.9 Å². The highest BCUT2D eigenvalue weighted by atomic mass is 19.1. The number of aliphatic imine (C=N–C) groups is 1. The van der Waals surface area contributed by atoms with Gasteiger partial charge in [-0.05, 0) is 50.0 Å². The van der Waals surface area contributed by atoms with E-state index in [1.165, 1.54) is 6.07 Å². The van der Waals surface area contributed by atoms with Crippen LogP contribution in [0, 0.1) is 5.82 Å².